The molecule has 0 radical (unpaired) electrons. The van der Waals surface area contributed by atoms with Crippen molar-refractivity contribution in [2.45, 2.75) is 38.0 Å². The number of piperidine rings is 1. The quantitative estimate of drug-likeness (QED) is 0.120. The Morgan fingerprint density at radius 1 is 0.904 bits per heavy atom. The van der Waals surface area contributed by atoms with Crippen LogP contribution >= 0.6 is 0 Å². The number of carbonyl (C=O) groups is 2. The fraction of sp³-hybridized carbons (Fsp3) is 0.333. The molecule has 2 amide bonds. The number of ether oxygens (including phenoxy) is 1. The number of aromatic hydroxyl groups is 1. The zero-order valence-corrected chi connectivity index (χ0v) is 29.9. The van der Waals surface area contributed by atoms with Crippen molar-refractivity contribution >= 4 is 33.4 Å². The molecule has 2 heterocycles. The van der Waals surface area contributed by atoms with Gasteiger partial charge in [-0.3, -0.25) is 14.8 Å². The number of aliphatic hydroxyl groups is 1. The van der Waals surface area contributed by atoms with Crippen molar-refractivity contribution in [3.63, 3.8) is 0 Å². The highest BCUT2D eigenvalue weighted by molar-refractivity contribution is 7.92. The molecule has 274 valence electrons. The van der Waals surface area contributed by atoms with Crippen molar-refractivity contribution in [1.82, 2.24) is 15.1 Å². The largest absolute Gasteiger partial charge is 0.506 e. The minimum Gasteiger partial charge on any atom is -0.506 e. The molecule has 2 aliphatic heterocycles. The smallest absolute Gasteiger partial charge is 0.411 e. The molecule has 0 aliphatic carbocycles. The Labute approximate surface area is 304 Å². The molecule has 52 heavy (non-hydrogen) atoms. The summed E-state index contributed by atoms with van der Waals surface area (Å²) in [4.78, 5) is 30.4. The molecule has 0 spiro atoms. The Bertz CT molecular complexity index is 1980. The zero-order valence-electron chi connectivity index (χ0n) is 29.1. The Balaban J connectivity index is 0.922. The Morgan fingerprint density at radius 2 is 1.65 bits per heavy atom. The summed E-state index contributed by atoms with van der Waals surface area (Å²) < 4.78 is 31.2. The maximum Gasteiger partial charge on any atom is 0.411 e. The maximum absolute atomic E-state index is 13.4. The summed E-state index contributed by atoms with van der Waals surface area (Å²) in [5.74, 6) is -0.209. The molecular weight excluding hydrogens is 683 g/mol. The van der Waals surface area contributed by atoms with Crippen LogP contribution in [0.25, 0.3) is 11.1 Å². The highest BCUT2D eigenvalue weighted by atomic mass is 32.2. The number of sulfonamides is 1. The fourth-order valence-electron chi connectivity index (χ4n) is 6.69. The molecule has 1 saturated heterocycles. The van der Waals surface area contributed by atoms with Crippen molar-refractivity contribution in [1.29, 1.82) is 0 Å². The summed E-state index contributed by atoms with van der Waals surface area (Å²) >= 11 is 0. The number of phenols is 1. The number of rotatable bonds is 13. The number of aliphatic hydroxyl groups excluding tert-OH is 1. The second-order valence-corrected chi connectivity index (χ2v) is 15.1. The van der Waals surface area contributed by atoms with Gasteiger partial charge in [0.05, 0.1) is 23.7 Å². The van der Waals surface area contributed by atoms with Gasteiger partial charge in [-0.05, 0) is 65.8 Å². The predicted octanol–water partition coefficient (Wildman–Crippen LogP) is 4.97. The zero-order chi connectivity index (χ0) is 36.7. The first kappa shape index (κ1) is 36.8. The van der Waals surface area contributed by atoms with E-state index in [9.17, 15) is 28.2 Å². The number of likely N-dealkylation sites (tertiary alicyclic amines) is 1. The fourth-order valence-corrected chi connectivity index (χ4v) is 7.25. The number of nitrogens with zero attached hydrogens (tertiary/aromatic N) is 2. The lowest BCUT2D eigenvalue weighted by Crippen LogP contribution is -2.45. The van der Waals surface area contributed by atoms with E-state index in [1.807, 2.05) is 77.7 Å². The van der Waals surface area contributed by atoms with Gasteiger partial charge in [0, 0.05) is 56.9 Å². The standard InChI is InChI=1S/C39H45N5O7S/c1-52(49,50)42-35-24-30(12-14-36(35)45)37(46)26-40-25-27-11-13-33-29(23-27)15-20-44(38(33)47)22-21-43-18-16-31(17-19-43)51-39(48)41-34-10-6-5-9-32(34)28-7-3-2-4-8-28/h2-14,23-24,31,37,40,42,45-46H,15-22,25-26H2,1H3,(H,41,48)/t37-/m0/s1. The van der Waals surface area contributed by atoms with Gasteiger partial charge in [0.1, 0.15) is 11.9 Å². The van der Waals surface area contributed by atoms with Crippen LogP contribution in [0.3, 0.4) is 0 Å². The number of benzene rings is 4. The number of hydrogen-bond acceptors (Lipinski definition) is 9. The summed E-state index contributed by atoms with van der Waals surface area (Å²) in [7, 11) is -3.59. The number of hydrogen-bond donors (Lipinski definition) is 5. The lowest BCUT2D eigenvalue weighted by atomic mass is 9.96. The third-order valence-corrected chi connectivity index (χ3v) is 10.0. The first-order valence-electron chi connectivity index (χ1n) is 17.5. The Kier molecular flexibility index (Phi) is 11.8. The van der Waals surface area contributed by atoms with Crippen molar-refractivity contribution in [3.05, 3.63) is 113 Å². The second kappa shape index (κ2) is 16.6. The van der Waals surface area contributed by atoms with Gasteiger partial charge in [-0.25, -0.2) is 13.2 Å². The molecule has 13 heteroatoms. The molecule has 0 saturated carbocycles. The molecule has 0 unspecified atom stereocenters. The minimum atomic E-state index is -3.59. The first-order valence-corrected chi connectivity index (χ1v) is 19.4. The molecule has 12 nitrogen and oxygen atoms in total. The average molecular weight is 728 g/mol. The van der Waals surface area contributed by atoms with E-state index in [-0.39, 0.29) is 30.0 Å². The van der Waals surface area contributed by atoms with Crippen LogP contribution in [0.1, 0.15) is 46.0 Å². The molecular formula is C39H45N5O7S. The van der Waals surface area contributed by atoms with Crippen LogP contribution < -0.4 is 15.4 Å². The molecule has 1 fully saturated rings. The van der Waals surface area contributed by atoms with Crippen molar-refractivity contribution in [2.24, 2.45) is 0 Å². The third kappa shape index (κ3) is 9.68. The van der Waals surface area contributed by atoms with E-state index >= 15 is 0 Å². The van der Waals surface area contributed by atoms with Gasteiger partial charge in [0.25, 0.3) is 5.91 Å². The lowest BCUT2D eigenvalue weighted by molar-refractivity contribution is 0.0517. The number of phenolic OH excluding ortho intramolecular Hbond substituents is 1. The highest BCUT2D eigenvalue weighted by Crippen LogP contribution is 2.29. The number of amides is 2. The van der Waals surface area contributed by atoms with Gasteiger partial charge in [0.15, 0.2) is 0 Å². The Hall–Kier alpha value is -4.95. The molecule has 6 rings (SSSR count). The van der Waals surface area contributed by atoms with Gasteiger partial charge in [-0.15, -0.1) is 0 Å². The summed E-state index contributed by atoms with van der Waals surface area (Å²) in [5, 5.41) is 26.8. The van der Waals surface area contributed by atoms with E-state index in [1.54, 1.807) is 0 Å². The van der Waals surface area contributed by atoms with Crippen LogP contribution in [0.4, 0.5) is 16.2 Å². The molecule has 0 bridgehead atoms. The van der Waals surface area contributed by atoms with Gasteiger partial charge in [0.2, 0.25) is 10.0 Å². The molecule has 1 atom stereocenters. The molecule has 2 aliphatic rings. The Morgan fingerprint density at radius 3 is 2.42 bits per heavy atom. The van der Waals surface area contributed by atoms with Gasteiger partial charge >= 0.3 is 6.09 Å². The number of para-hydroxylation sites is 1. The van der Waals surface area contributed by atoms with Gasteiger partial charge < -0.3 is 30.1 Å². The van der Waals surface area contributed by atoms with Crippen molar-refractivity contribution in [2.75, 3.05) is 55.6 Å². The summed E-state index contributed by atoms with van der Waals surface area (Å²) in [6, 6.07) is 27.7. The van der Waals surface area contributed by atoms with E-state index < -0.39 is 22.2 Å². The van der Waals surface area contributed by atoms with Crippen molar-refractivity contribution in [3.8, 4) is 16.9 Å². The monoisotopic (exact) mass is 727 g/mol. The van der Waals surface area contributed by atoms with Crippen LogP contribution in [-0.4, -0.2) is 92.1 Å². The topological polar surface area (TPSA) is 161 Å². The normalized spacial score (nSPS) is 15.9. The number of nitrogens with one attached hydrogen (secondary N) is 3. The molecule has 4 aromatic carbocycles. The van der Waals surface area contributed by atoms with Gasteiger partial charge in [-0.1, -0.05) is 66.7 Å². The average Bonchev–Trinajstić information content (AvgIpc) is 3.13. The highest BCUT2D eigenvalue weighted by Gasteiger charge is 2.27. The van der Waals surface area contributed by atoms with E-state index in [4.69, 9.17) is 4.74 Å². The van der Waals surface area contributed by atoms with Gasteiger partial charge in [-0.2, -0.15) is 0 Å². The second-order valence-electron chi connectivity index (χ2n) is 13.3. The van der Waals surface area contributed by atoms with E-state index in [0.717, 1.165) is 67.4 Å². The number of carbonyl (C=O) groups excluding carboxylic acids is 2. The van der Waals surface area contributed by atoms with Crippen LogP contribution in [0.15, 0.2) is 91.0 Å². The van der Waals surface area contributed by atoms with Crippen LogP contribution in [0, 0.1) is 0 Å². The summed E-state index contributed by atoms with van der Waals surface area (Å²) in [5.41, 5.74) is 5.81. The van der Waals surface area contributed by atoms with E-state index in [0.29, 0.717) is 36.4 Å². The van der Waals surface area contributed by atoms with Crippen LogP contribution in [0.5, 0.6) is 5.75 Å². The van der Waals surface area contributed by atoms with Crippen LogP contribution in [-0.2, 0) is 27.7 Å². The molecule has 5 N–H and O–H groups in total. The van der Waals surface area contributed by atoms with E-state index in [1.165, 1.54) is 18.2 Å². The van der Waals surface area contributed by atoms with E-state index in [2.05, 4.69) is 20.3 Å². The predicted molar refractivity (Wildman–Crippen MR) is 201 cm³/mol. The van der Waals surface area contributed by atoms with Crippen molar-refractivity contribution < 1.29 is 33.0 Å². The maximum atomic E-state index is 13.4. The lowest BCUT2D eigenvalue weighted by Gasteiger charge is -2.34. The molecule has 0 aromatic heterocycles. The number of fused-ring (bicyclic) bond motifs is 1. The minimum absolute atomic E-state index is 0.00495. The summed E-state index contributed by atoms with van der Waals surface area (Å²) in [6.45, 7) is 4.25. The number of anilines is 2. The first-order chi connectivity index (χ1) is 25.0. The summed E-state index contributed by atoms with van der Waals surface area (Å²) in [6.07, 6.45) is 1.65. The SMILES string of the molecule is CS(=O)(=O)Nc1cc([C@@H](O)CNCc2ccc3c(c2)CCN(CCN2CCC(OC(=O)Nc4ccccc4-c4ccccc4)CC2)C3=O)ccc1O. The van der Waals surface area contributed by atoms with Crippen LogP contribution in [0.2, 0.25) is 0 Å². The third-order valence-electron chi connectivity index (χ3n) is 9.45. The molecule has 4 aromatic rings.